The molecule has 0 aliphatic heterocycles. The lowest BCUT2D eigenvalue weighted by Gasteiger charge is -2.25. The second kappa shape index (κ2) is 6.73. The van der Waals surface area contributed by atoms with Gasteiger partial charge in [-0.25, -0.2) is 0 Å². The number of nitrogens with zero attached hydrogens (tertiary/aromatic N) is 1. The molecule has 0 saturated carbocycles. The first-order valence-corrected chi connectivity index (χ1v) is 7.22. The van der Waals surface area contributed by atoms with Gasteiger partial charge in [0.2, 0.25) is 0 Å². The Bertz CT molecular complexity index is 528. The van der Waals surface area contributed by atoms with E-state index in [0.29, 0.717) is 0 Å². The lowest BCUT2D eigenvalue weighted by molar-refractivity contribution is 0.282. The molecule has 2 nitrogen and oxygen atoms in total. The van der Waals surface area contributed by atoms with Gasteiger partial charge >= 0.3 is 0 Å². The highest BCUT2D eigenvalue weighted by molar-refractivity contribution is 9.10. The van der Waals surface area contributed by atoms with Gasteiger partial charge in [-0.15, -0.1) is 0 Å². The maximum absolute atomic E-state index is 9.51. The van der Waals surface area contributed by atoms with Crippen molar-refractivity contribution in [3.63, 3.8) is 0 Å². The topological polar surface area (TPSA) is 23.5 Å². The van der Waals surface area contributed by atoms with Crippen LogP contribution < -0.4 is 4.90 Å². The van der Waals surface area contributed by atoms with E-state index in [0.717, 1.165) is 28.8 Å². The Kier molecular flexibility index (Phi) is 5.00. The van der Waals surface area contributed by atoms with Crippen molar-refractivity contribution in [2.24, 2.45) is 0 Å². The van der Waals surface area contributed by atoms with Crippen molar-refractivity contribution < 1.29 is 5.11 Å². The van der Waals surface area contributed by atoms with Crippen LogP contribution in [0.4, 0.5) is 5.69 Å². The molecule has 19 heavy (non-hydrogen) atoms. The first-order valence-electron chi connectivity index (χ1n) is 6.42. The van der Waals surface area contributed by atoms with Gasteiger partial charge in [0, 0.05) is 28.8 Å². The highest BCUT2D eigenvalue weighted by atomic mass is 79.9. The Morgan fingerprint density at radius 3 is 2.47 bits per heavy atom. The summed E-state index contributed by atoms with van der Waals surface area (Å²) in [6.07, 6.45) is 0. The summed E-state index contributed by atoms with van der Waals surface area (Å²) in [6, 6.07) is 16.4. The molecule has 0 amide bonds. The smallest absolute Gasteiger partial charge is 0.0702 e. The van der Waals surface area contributed by atoms with Gasteiger partial charge in [-0.3, -0.25) is 0 Å². The number of aliphatic hydroxyl groups excluding tert-OH is 1. The molecule has 2 aromatic rings. The van der Waals surface area contributed by atoms with Crippen LogP contribution in [-0.2, 0) is 13.2 Å². The van der Waals surface area contributed by atoms with Gasteiger partial charge in [0.1, 0.15) is 0 Å². The molecule has 0 aliphatic rings. The Morgan fingerprint density at radius 1 is 1.11 bits per heavy atom. The van der Waals surface area contributed by atoms with E-state index in [4.69, 9.17) is 0 Å². The van der Waals surface area contributed by atoms with Gasteiger partial charge in [0.05, 0.1) is 6.61 Å². The average molecular weight is 320 g/mol. The Hall–Kier alpha value is -1.32. The van der Waals surface area contributed by atoms with Crippen LogP contribution in [0.2, 0.25) is 0 Å². The minimum absolute atomic E-state index is 0.0556. The van der Waals surface area contributed by atoms with Crippen LogP contribution in [-0.4, -0.2) is 11.7 Å². The highest BCUT2D eigenvalue weighted by Gasteiger charge is 2.10. The van der Waals surface area contributed by atoms with E-state index >= 15 is 0 Å². The number of rotatable bonds is 5. The average Bonchev–Trinajstić information content (AvgIpc) is 2.46. The lowest BCUT2D eigenvalue weighted by Crippen LogP contribution is -2.23. The molecule has 1 N–H and O–H groups in total. The molecular formula is C16H18BrNO. The third kappa shape index (κ3) is 3.58. The summed E-state index contributed by atoms with van der Waals surface area (Å²) in [6.45, 7) is 3.95. The van der Waals surface area contributed by atoms with Gasteiger partial charge in [-0.05, 0) is 30.7 Å². The van der Waals surface area contributed by atoms with Crippen molar-refractivity contribution in [3.05, 3.63) is 64.1 Å². The molecule has 0 fully saturated rings. The summed E-state index contributed by atoms with van der Waals surface area (Å²) < 4.78 is 0.996. The molecule has 0 radical (unpaired) electrons. The van der Waals surface area contributed by atoms with Crippen molar-refractivity contribution in [3.8, 4) is 0 Å². The van der Waals surface area contributed by atoms with Gasteiger partial charge in [0.15, 0.2) is 0 Å². The molecule has 0 atom stereocenters. The monoisotopic (exact) mass is 319 g/mol. The van der Waals surface area contributed by atoms with Crippen LogP contribution in [0.3, 0.4) is 0 Å². The Morgan fingerprint density at radius 2 is 1.84 bits per heavy atom. The van der Waals surface area contributed by atoms with E-state index in [1.807, 2.05) is 18.2 Å². The van der Waals surface area contributed by atoms with Crippen molar-refractivity contribution in [2.45, 2.75) is 20.1 Å². The SMILES string of the molecule is CCN(Cc1ccccc1)c1ccc(Br)cc1CO. The van der Waals surface area contributed by atoms with E-state index in [9.17, 15) is 5.11 Å². The lowest BCUT2D eigenvalue weighted by atomic mass is 10.1. The van der Waals surface area contributed by atoms with E-state index in [1.165, 1.54) is 5.56 Å². The fourth-order valence-electron chi connectivity index (χ4n) is 2.16. The minimum Gasteiger partial charge on any atom is -0.392 e. The van der Waals surface area contributed by atoms with Gasteiger partial charge in [-0.2, -0.15) is 0 Å². The van der Waals surface area contributed by atoms with Crippen LogP contribution in [0.5, 0.6) is 0 Å². The fourth-order valence-corrected chi connectivity index (χ4v) is 2.57. The van der Waals surface area contributed by atoms with Crippen LogP contribution in [0.1, 0.15) is 18.1 Å². The minimum atomic E-state index is 0.0556. The fraction of sp³-hybridized carbons (Fsp3) is 0.250. The van der Waals surface area contributed by atoms with E-state index < -0.39 is 0 Å². The standard InChI is InChI=1S/C16H18BrNO/c1-2-18(11-13-6-4-3-5-7-13)16-9-8-15(17)10-14(16)12-19/h3-10,19H,2,11-12H2,1H3. The maximum Gasteiger partial charge on any atom is 0.0702 e. The summed E-state index contributed by atoms with van der Waals surface area (Å²) >= 11 is 3.45. The predicted octanol–water partition coefficient (Wildman–Crippen LogP) is 3.97. The summed E-state index contributed by atoms with van der Waals surface area (Å²) in [7, 11) is 0. The number of aliphatic hydroxyl groups is 1. The van der Waals surface area contributed by atoms with Crippen LogP contribution in [0.15, 0.2) is 53.0 Å². The molecule has 2 aromatic carbocycles. The quantitative estimate of drug-likeness (QED) is 0.901. The number of benzene rings is 2. The number of hydrogen-bond acceptors (Lipinski definition) is 2. The summed E-state index contributed by atoms with van der Waals surface area (Å²) in [4.78, 5) is 2.27. The van der Waals surface area contributed by atoms with Gasteiger partial charge < -0.3 is 10.0 Å². The second-order valence-corrected chi connectivity index (χ2v) is 5.35. The molecule has 100 valence electrons. The summed E-state index contributed by atoms with van der Waals surface area (Å²) in [5.41, 5.74) is 3.32. The summed E-state index contributed by atoms with van der Waals surface area (Å²) in [5, 5.41) is 9.51. The third-order valence-corrected chi connectivity index (χ3v) is 3.64. The molecule has 0 bridgehead atoms. The Balaban J connectivity index is 2.27. The number of anilines is 1. The number of halogens is 1. The summed E-state index contributed by atoms with van der Waals surface area (Å²) in [5.74, 6) is 0. The molecule has 3 heteroatoms. The third-order valence-electron chi connectivity index (χ3n) is 3.15. The molecular weight excluding hydrogens is 302 g/mol. The molecule has 0 unspecified atom stereocenters. The van der Waals surface area contributed by atoms with E-state index in [2.05, 4.69) is 58.1 Å². The molecule has 0 heterocycles. The van der Waals surface area contributed by atoms with Gasteiger partial charge in [-0.1, -0.05) is 46.3 Å². The van der Waals surface area contributed by atoms with Crippen molar-refractivity contribution in [1.29, 1.82) is 0 Å². The zero-order valence-electron chi connectivity index (χ0n) is 11.0. The molecule has 0 saturated heterocycles. The molecule has 0 aromatic heterocycles. The van der Waals surface area contributed by atoms with E-state index in [-0.39, 0.29) is 6.61 Å². The molecule has 0 aliphatic carbocycles. The van der Waals surface area contributed by atoms with Crippen molar-refractivity contribution in [1.82, 2.24) is 0 Å². The van der Waals surface area contributed by atoms with Crippen molar-refractivity contribution in [2.75, 3.05) is 11.4 Å². The van der Waals surface area contributed by atoms with Crippen LogP contribution >= 0.6 is 15.9 Å². The van der Waals surface area contributed by atoms with Gasteiger partial charge in [0.25, 0.3) is 0 Å². The molecule has 2 rings (SSSR count). The van der Waals surface area contributed by atoms with Crippen molar-refractivity contribution >= 4 is 21.6 Å². The van der Waals surface area contributed by atoms with Crippen LogP contribution in [0.25, 0.3) is 0 Å². The Labute approximate surface area is 122 Å². The van der Waals surface area contributed by atoms with E-state index in [1.54, 1.807) is 0 Å². The zero-order valence-corrected chi connectivity index (χ0v) is 12.6. The highest BCUT2D eigenvalue weighted by Crippen LogP contribution is 2.26. The largest absolute Gasteiger partial charge is 0.392 e. The normalized spacial score (nSPS) is 10.5. The zero-order chi connectivity index (χ0) is 13.7. The molecule has 0 spiro atoms. The first kappa shape index (κ1) is 14.1. The number of hydrogen-bond donors (Lipinski definition) is 1. The maximum atomic E-state index is 9.51. The predicted molar refractivity (Wildman–Crippen MR) is 83.2 cm³/mol. The second-order valence-electron chi connectivity index (χ2n) is 4.43. The first-order chi connectivity index (χ1) is 9.24. The van der Waals surface area contributed by atoms with Crippen LogP contribution in [0, 0.1) is 0 Å².